The summed E-state index contributed by atoms with van der Waals surface area (Å²) >= 11 is 1.65. The molecule has 1 aromatic rings. The molecule has 3 N–H and O–H groups in total. The highest BCUT2D eigenvalue weighted by atomic mass is 32.1. The van der Waals surface area contributed by atoms with Crippen LogP contribution in [0.25, 0.3) is 0 Å². The Hall–Kier alpha value is -0.870. The van der Waals surface area contributed by atoms with E-state index in [0.29, 0.717) is 5.92 Å². The number of rotatable bonds is 2. The van der Waals surface area contributed by atoms with Gasteiger partial charge in [0.15, 0.2) is 5.84 Å². The van der Waals surface area contributed by atoms with Crippen LogP contribution in [0.15, 0.2) is 5.38 Å². The molecule has 0 atom stereocenters. The summed E-state index contributed by atoms with van der Waals surface area (Å²) in [6.45, 7) is 1.98. The molecule has 2 rings (SSSR count). The third-order valence-corrected chi connectivity index (χ3v) is 3.31. The minimum Gasteiger partial charge on any atom is -0.290 e. The van der Waals surface area contributed by atoms with E-state index in [9.17, 15) is 0 Å². The monoisotopic (exact) mass is 196 g/mol. The van der Waals surface area contributed by atoms with Crippen LogP contribution in [-0.2, 0) is 0 Å². The molecule has 0 saturated heterocycles. The summed E-state index contributed by atoms with van der Waals surface area (Å²) in [6.07, 6.45) is 2.45. The fourth-order valence-corrected chi connectivity index (χ4v) is 2.50. The summed E-state index contributed by atoms with van der Waals surface area (Å²) in [5.41, 5.74) is 4.05. The Kier molecular flexibility index (Phi) is 2.09. The topological polar surface area (TPSA) is 56.1 Å². The standard InChI is InChI=1S/C9H12N2OS/c1-5-8(9(10)11-12)7(4-13-5)6-2-3-6/h4,6,12H,2-3H2,1H3,(H2,10,11). The molecule has 0 spiro atoms. The molecule has 1 heterocycles. The van der Waals surface area contributed by atoms with E-state index >= 15 is 0 Å². The van der Waals surface area contributed by atoms with Gasteiger partial charge in [-0.1, -0.05) is 0 Å². The fraction of sp³-hybridized carbons (Fsp3) is 0.444. The number of nitrogens with one attached hydrogen (secondary N) is 2. The summed E-state index contributed by atoms with van der Waals surface area (Å²) < 4.78 is 0. The predicted octanol–water partition coefficient (Wildman–Crippen LogP) is 2.24. The molecular weight excluding hydrogens is 184 g/mol. The highest BCUT2D eigenvalue weighted by molar-refractivity contribution is 7.10. The van der Waals surface area contributed by atoms with Crippen LogP contribution in [0.5, 0.6) is 0 Å². The van der Waals surface area contributed by atoms with Crippen molar-refractivity contribution in [1.82, 2.24) is 5.48 Å². The Morgan fingerprint density at radius 3 is 2.92 bits per heavy atom. The van der Waals surface area contributed by atoms with E-state index in [1.807, 2.05) is 12.4 Å². The van der Waals surface area contributed by atoms with Crippen molar-refractivity contribution in [3.63, 3.8) is 0 Å². The van der Waals surface area contributed by atoms with Crippen molar-refractivity contribution in [2.75, 3.05) is 0 Å². The van der Waals surface area contributed by atoms with Gasteiger partial charge in [0.1, 0.15) is 0 Å². The van der Waals surface area contributed by atoms with E-state index in [1.54, 1.807) is 11.3 Å². The second-order valence-electron chi connectivity index (χ2n) is 3.38. The van der Waals surface area contributed by atoms with Gasteiger partial charge in [-0.15, -0.1) is 11.3 Å². The zero-order valence-electron chi connectivity index (χ0n) is 7.42. The molecule has 1 aromatic heterocycles. The summed E-state index contributed by atoms with van der Waals surface area (Å²) in [6, 6.07) is 0. The van der Waals surface area contributed by atoms with Crippen LogP contribution in [0, 0.1) is 12.3 Å². The van der Waals surface area contributed by atoms with Crippen molar-refractivity contribution < 1.29 is 5.21 Å². The molecule has 0 radical (unpaired) electrons. The van der Waals surface area contributed by atoms with Crippen LogP contribution < -0.4 is 5.48 Å². The number of hydrogen-bond donors (Lipinski definition) is 3. The lowest BCUT2D eigenvalue weighted by Crippen LogP contribution is -2.20. The molecule has 13 heavy (non-hydrogen) atoms. The summed E-state index contributed by atoms with van der Waals surface area (Å²) in [4.78, 5) is 1.11. The third kappa shape index (κ3) is 1.47. The van der Waals surface area contributed by atoms with E-state index in [2.05, 4.69) is 5.38 Å². The van der Waals surface area contributed by atoms with Gasteiger partial charge in [0.2, 0.25) is 0 Å². The quantitative estimate of drug-likeness (QED) is 0.386. The van der Waals surface area contributed by atoms with E-state index in [0.717, 1.165) is 10.4 Å². The lowest BCUT2D eigenvalue weighted by molar-refractivity contribution is 0.234. The molecule has 0 aromatic carbocycles. The van der Waals surface area contributed by atoms with E-state index < -0.39 is 0 Å². The van der Waals surface area contributed by atoms with Gasteiger partial charge >= 0.3 is 0 Å². The first-order valence-electron chi connectivity index (χ1n) is 4.31. The van der Waals surface area contributed by atoms with Gasteiger partial charge in [0.25, 0.3) is 0 Å². The Labute approximate surface area is 80.9 Å². The SMILES string of the molecule is Cc1scc(C2CC2)c1C(=N)NO. The molecule has 1 aliphatic rings. The Morgan fingerprint density at radius 1 is 1.69 bits per heavy atom. The van der Waals surface area contributed by atoms with Crippen LogP contribution in [-0.4, -0.2) is 11.0 Å². The van der Waals surface area contributed by atoms with Crippen LogP contribution >= 0.6 is 11.3 Å². The maximum atomic E-state index is 8.69. The lowest BCUT2D eigenvalue weighted by Gasteiger charge is -2.04. The number of hydroxylamine groups is 1. The van der Waals surface area contributed by atoms with E-state index in [1.165, 1.54) is 18.4 Å². The minimum absolute atomic E-state index is 0.126. The average Bonchev–Trinajstić information content (AvgIpc) is 2.89. The zero-order valence-corrected chi connectivity index (χ0v) is 8.24. The number of thiophene rings is 1. The molecule has 0 bridgehead atoms. The normalized spacial score (nSPS) is 15.8. The van der Waals surface area contributed by atoms with Crippen LogP contribution in [0.2, 0.25) is 0 Å². The van der Waals surface area contributed by atoms with Crippen LogP contribution in [0.4, 0.5) is 0 Å². The van der Waals surface area contributed by atoms with Crippen molar-refractivity contribution in [2.24, 2.45) is 0 Å². The van der Waals surface area contributed by atoms with Crippen molar-refractivity contribution in [2.45, 2.75) is 25.7 Å². The Balaban J connectivity index is 2.39. The van der Waals surface area contributed by atoms with E-state index in [4.69, 9.17) is 10.6 Å². The summed E-state index contributed by atoms with van der Waals surface area (Å²) in [5.74, 6) is 0.759. The predicted molar refractivity (Wildman–Crippen MR) is 52.8 cm³/mol. The number of aryl methyl sites for hydroxylation is 1. The Bertz CT molecular complexity index is 341. The Morgan fingerprint density at radius 2 is 2.38 bits per heavy atom. The first kappa shape index (κ1) is 8.72. The molecule has 1 saturated carbocycles. The third-order valence-electron chi connectivity index (χ3n) is 2.38. The second kappa shape index (κ2) is 3.12. The highest BCUT2D eigenvalue weighted by Crippen LogP contribution is 2.44. The highest BCUT2D eigenvalue weighted by Gasteiger charge is 2.28. The summed E-state index contributed by atoms with van der Waals surface area (Å²) in [7, 11) is 0. The van der Waals surface area contributed by atoms with Crippen molar-refractivity contribution in [3.8, 4) is 0 Å². The largest absolute Gasteiger partial charge is 0.290 e. The van der Waals surface area contributed by atoms with Gasteiger partial charge in [-0.25, -0.2) is 0 Å². The van der Waals surface area contributed by atoms with Gasteiger partial charge in [-0.3, -0.25) is 16.1 Å². The molecule has 70 valence electrons. The van der Waals surface area contributed by atoms with Gasteiger partial charge in [-0.05, 0) is 36.6 Å². The maximum Gasteiger partial charge on any atom is 0.150 e. The molecular formula is C9H12N2OS. The minimum atomic E-state index is 0.126. The molecule has 4 heteroatoms. The van der Waals surface area contributed by atoms with Gasteiger partial charge in [0.05, 0.1) is 0 Å². The van der Waals surface area contributed by atoms with Crippen molar-refractivity contribution >= 4 is 17.2 Å². The summed E-state index contributed by atoms with van der Waals surface area (Å²) in [5, 5.41) is 18.3. The fourth-order valence-electron chi connectivity index (χ4n) is 1.54. The molecule has 1 fully saturated rings. The molecule has 3 nitrogen and oxygen atoms in total. The van der Waals surface area contributed by atoms with E-state index in [-0.39, 0.29) is 5.84 Å². The average molecular weight is 196 g/mol. The molecule has 0 aliphatic heterocycles. The van der Waals surface area contributed by atoms with Gasteiger partial charge in [0, 0.05) is 10.4 Å². The maximum absolute atomic E-state index is 8.69. The second-order valence-corrected chi connectivity index (χ2v) is 4.47. The number of hydrogen-bond acceptors (Lipinski definition) is 3. The first-order valence-corrected chi connectivity index (χ1v) is 5.19. The van der Waals surface area contributed by atoms with Gasteiger partial charge in [-0.2, -0.15) is 0 Å². The van der Waals surface area contributed by atoms with Crippen LogP contribution in [0.3, 0.4) is 0 Å². The van der Waals surface area contributed by atoms with Crippen molar-refractivity contribution in [1.29, 1.82) is 5.41 Å². The zero-order chi connectivity index (χ0) is 9.42. The molecule has 0 amide bonds. The van der Waals surface area contributed by atoms with Crippen LogP contribution in [0.1, 0.15) is 34.8 Å². The lowest BCUT2D eigenvalue weighted by atomic mass is 10.1. The molecule has 0 unspecified atom stereocenters. The molecule has 1 aliphatic carbocycles. The van der Waals surface area contributed by atoms with Crippen molar-refractivity contribution in [3.05, 3.63) is 21.4 Å². The first-order chi connectivity index (χ1) is 6.24. The number of amidine groups is 1. The van der Waals surface area contributed by atoms with Gasteiger partial charge < -0.3 is 0 Å². The smallest absolute Gasteiger partial charge is 0.150 e.